The molecule has 0 aliphatic heterocycles. The number of phosphoric ester groups is 1. The predicted molar refractivity (Wildman–Crippen MR) is 410 cm³/mol. The highest BCUT2D eigenvalue weighted by Crippen LogP contribution is 2.43. The van der Waals surface area contributed by atoms with Gasteiger partial charge in [0.15, 0.2) is 0 Å². The van der Waals surface area contributed by atoms with Crippen molar-refractivity contribution >= 4 is 13.7 Å². The molecule has 9 heteroatoms. The number of phosphoric acid groups is 1. The van der Waals surface area contributed by atoms with E-state index in [4.69, 9.17) is 9.05 Å². The average molecular weight is 1320 g/mol. The monoisotopic (exact) mass is 1320 g/mol. The van der Waals surface area contributed by atoms with E-state index >= 15 is 0 Å². The summed E-state index contributed by atoms with van der Waals surface area (Å²) >= 11 is 0. The lowest BCUT2D eigenvalue weighted by atomic mass is 10.0. The minimum absolute atomic E-state index is 0.0708. The van der Waals surface area contributed by atoms with Gasteiger partial charge in [0.1, 0.15) is 13.2 Å². The number of unbranched alkanes of at least 4 members (excludes halogenated alkanes) is 42. The number of amides is 1. The second-order valence-corrected chi connectivity index (χ2v) is 29.5. The molecule has 0 aromatic rings. The molecule has 0 aromatic carbocycles. The van der Waals surface area contributed by atoms with Crippen molar-refractivity contribution in [3.05, 3.63) is 109 Å². The van der Waals surface area contributed by atoms with Crippen molar-refractivity contribution in [2.45, 2.75) is 379 Å². The van der Waals surface area contributed by atoms with Crippen LogP contribution in [-0.4, -0.2) is 73.4 Å². The molecule has 540 valence electrons. The number of carbonyl (C=O) groups is 1. The van der Waals surface area contributed by atoms with Gasteiger partial charge in [-0.05, 0) is 83.5 Å². The fraction of sp³-hybridized carbons (Fsp3) is 0.774. The van der Waals surface area contributed by atoms with Crippen molar-refractivity contribution in [3.63, 3.8) is 0 Å². The zero-order valence-corrected chi connectivity index (χ0v) is 62.9. The van der Waals surface area contributed by atoms with Gasteiger partial charge < -0.3 is 19.8 Å². The fourth-order valence-corrected chi connectivity index (χ4v) is 12.4. The Labute approximate surface area is 578 Å². The zero-order valence-electron chi connectivity index (χ0n) is 62.0. The Bertz CT molecular complexity index is 1890. The van der Waals surface area contributed by atoms with Gasteiger partial charge >= 0.3 is 7.82 Å². The van der Waals surface area contributed by atoms with Crippen molar-refractivity contribution in [3.8, 4) is 0 Å². The van der Waals surface area contributed by atoms with E-state index in [1.54, 1.807) is 0 Å². The van der Waals surface area contributed by atoms with E-state index in [0.29, 0.717) is 23.9 Å². The third-order valence-corrected chi connectivity index (χ3v) is 18.8. The molecule has 0 spiro atoms. The molecule has 8 nitrogen and oxygen atoms in total. The summed E-state index contributed by atoms with van der Waals surface area (Å²) in [6.07, 6.45) is 108. The lowest BCUT2D eigenvalue weighted by molar-refractivity contribution is -0.870. The van der Waals surface area contributed by atoms with Crippen molar-refractivity contribution in [1.29, 1.82) is 0 Å². The van der Waals surface area contributed by atoms with E-state index in [2.05, 4.69) is 129 Å². The third kappa shape index (κ3) is 76.4. The number of hydrogen-bond acceptors (Lipinski definition) is 5. The van der Waals surface area contributed by atoms with Crippen LogP contribution in [0.5, 0.6) is 0 Å². The number of aliphatic hydroxyl groups excluding tert-OH is 1. The molecule has 0 radical (unpaired) electrons. The number of hydrogen-bond donors (Lipinski definition) is 3. The number of aliphatic hydroxyl groups is 1. The highest BCUT2D eigenvalue weighted by Gasteiger charge is 2.28. The van der Waals surface area contributed by atoms with Gasteiger partial charge in [0, 0.05) is 6.42 Å². The van der Waals surface area contributed by atoms with Crippen LogP contribution < -0.4 is 5.32 Å². The van der Waals surface area contributed by atoms with Crippen molar-refractivity contribution < 1.29 is 32.9 Å². The van der Waals surface area contributed by atoms with Gasteiger partial charge in [0.05, 0.1) is 39.9 Å². The first-order chi connectivity index (χ1) is 45.5. The molecule has 0 aliphatic rings. The molecule has 0 heterocycles. The Kier molecular flexibility index (Phi) is 71.2. The molecule has 0 saturated carbocycles. The Morgan fingerprint density at radius 3 is 0.946 bits per heavy atom. The minimum atomic E-state index is -4.34. The summed E-state index contributed by atoms with van der Waals surface area (Å²) in [5.41, 5.74) is 0. The van der Waals surface area contributed by atoms with Crippen LogP contribution >= 0.6 is 7.82 Å². The first-order valence-electron chi connectivity index (χ1n) is 39.8. The van der Waals surface area contributed by atoms with Gasteiger partial charge in [-0.15, -0.1) is 0 Å². The number of likely N-dealkylation sites (N-methyl/N-ethyl adjacent to an activating group) is 1. The standard InChI is InChI=1S/C84H153N2O6P/c1-6-8-10-12-14-16-18-20-22-24-26-28-30-32-34-36-38-40-41-42-43-44-45-46-48-50-52-54-56-58-60-62-64-66-68-70-72-74-76-78-84(88)85-82(81-92-93(89,90)91-80-79-86(3,4)5)83(87)77-75-73-71-69-67-65-63-61-59-57-55-53-51-49-47-39-37-35-33-31-29-27-25-23-21-19-17-15-13-11-9-7-2/h8,10,14,16,20,22,26,28,32,34,38,40,42-43,45-46,50,52,82-83,87H,6-7,9,11-13,15,17-19,21,23-25,27,29-31,33,35-37,39,41,44,47-49,51,53-81H2,1-5H3,(H-,85,88,89,90)/p+1/b10-8-,16-14-,22-20-,28-26-,34-32-,40-38-,43-42-,46-45-,52-50-. The van der Waals surface area contributed by atoms with Gasteiger partial charge in [-0.1, -0.05) is 386 Å². The van der Waals surface area contributed by atoms with Crippen LogP contribution in [0, 0.1) is 0 Å². The van der Waals surface area contributed by atoms with Crippen LogP contribution in [0.2, 0.25) is 0 Å². The highest BCUT2D eigenvalue weighted by molar-refractivity contribution is 7.47. The SMILES string of the molecule is CC/C=C\C/C=C\C/C=C\C/C=C\C/C=C\C/C=C\C/C=C\C/C=C\C/C=C\CCCCCCCCCCCCCC(=O)NC(COP(=O)(O)OCC[N+](C)(C)C)C(O)CCCCCCCCCCCCCCCCCCCCCCCCCCCCCCCCCC. The second kappa shape index (κ2) is 73.4. The van der Waals surface area contributed by atoms with E-state index in [9.17, 15) is 19.4 Å². The van der Waals surface area contributed by atoms with Gasteiger partial charge in [0.25, 0.3) is 0 Å². The van der Waals surface area contributed by atoms with E-state index in [1.165, 1.54) is 244 Å². The summed E-state index contributed by atoms with van der Waals surface area (Å²) in [6.45, 7) is 4.81. The maximum atomic E-state index is 13.1. The quantitative estimate of drug-likeness (QED) is 0.0243. The molecule has 0 fully saturated rings. The number of rotatable bonds is 73. The predicted octanol–water partition coefficient (Wildman–Crippen LogP) is 26.2. The number of carbonyl (C=O) groups excluding carboxylic acids is 1. The summed E-state index contributed by atoms with van der Waals surface area (Å²) < 4.78 is 24.0. The number of allylic oxidation sites excluding steroid dienone is 18. The molecular formula is C84H154N2O6P+. The molecule has 0 aliphatic carbocycles. The van der Waals surface area contributed by atoms with E-state index < -0.39 is 20.0 Å². The normalized spacial score (nSPS) is 14.1. The molecule has 1 amide bonds. The van der Waals surface area contributed by atoms with E-state index in [-0.39, 0.29) is 19.1 Å². The number of nitrogens with one attached hydrogen (secondary N) is 1. The fourth-order valence-electron chi connectivity index (χ4n) is 11.7. The Balaban J connectivity index is 4.01. The van der Waals surface area contributed by atoms with Crippen LogP contribution in [0.3, 0.4) is 0 Å². The van der Waals surface area contributed by atoms with Crippen LogP contribution in [0.1, 0.15) is 367 Å². The second-order valence-electron chi connectivity index (χ2n) is 28.1. The maximum Gasteiger partial charge on any atom is 0.472 e. The average Bonchev–Trinajstić information content (AvgIpc) is 1.94. The van der Waals surface area contributed by atoms with Crippen molar-refractivity contribution in [1.82, 2.24) is 5.32 Å². The molecule has 0 aromatic heterocycles. The summed E-state index contributed by atoms with van der Waals surface area (Å²) in [6, 6.07) is -0.771. The van der Waals surface area contributed by atoms with Gasteiger partial charge in [-0.2, -0.15) is 0 Å². The Hall–Kier alpha value is -2.84. The number of nitrogens with zero attached hydrogens (tertiary/aromatic N) is 1. The lowest BCUT2D eigenvalue weighted by Crippen LogP contribution is -2.46. The van der Waals surface area contributed by atoms with Gasteiger partial charge in [-0.25, -0.2) is 4.57 Å². The van der Waals surface area contributed by atoms with Crippen LogP contribution in [0.4, 0.5) is 0 Å². The lowest BCUT2D eigenvalue weighted by Gasteiger charge is -2.26. The summed E-state index contributed by atoms with van der Waals surface area (Å²) in [5, 5.41) is 14.2. The smallest absolute Gasteiger partial charge is 0.391 e. The van der Waals surface area contributed by atoms with Crippen LogP contribution in [-0.2, 0) is 18.4 Å². The van der Waals surface area contributed by atoms with E-state index in [1.807, 2.05) is 21.1 Å². The highest BCUT2D eigenvalue weighted by atomic mass is 31.2. The molecule has 0 bridgehead atoms. The van der Waals surface area contributed by atoms with E-state index in [0.717, 1.165) is 96.3 Å². The molecule has 93 heavy (non-hydrogen) atoms. The summed E-state index contributed by atoms with van der Waals surface area (Å²) in [5.74, 6) is -0.146. The van der Waals surface area contributed by atoms with Crippen molar-refractivity contribution in [2.75, 3.05) is 40.9 Å². The topological polar surface area (TPSA) is 105 Å². The largest absolute Gasteiger partial charge is 0.472 e. The Morgan fingerprint density at radius 1 is 0.376 bits per heavy atom. The van der Waals surface area contributed by atoms with Crippen LogP contribution in [0.15, 0.2) is 109 Å². The molecule has 0 rings (SSSR count). The molecule has 0 saturated heterocycles. The van der Waals surface area contributed by atoms with Gasteiger partial charge in [-0.3, -0.25) is 13.8 Å². The maximum absolute atomic E-state index is 13.1. The zero-order chi connectivity index (χ0) is 67.6. The first-order valence-corrected chi connectivity index (χ1v) is 41.2. The van der Waals surface area contributed by atoms with Crippen molar-refractivity contribution in [2.24, 2.45) is 0 Å². The minimum Gasteiger partial charge on any atom is -0.391 e. The third-order valence-electron chi connectivity index (χ3n) is 17.8. The summed E-state index contributed by atoms with van der Waals surface area (Å²) in [7, 11) is 1.62. The molecule has 3 unspecified atom stereocenters. The first kappa shape index (κ1) is 90.2. The number of quaternary nitrogens is 1. The Morgan fingerprint density at radius 2 is 0.645 bits per heavy atom. The molecule has 3 atom stereocenters. The molecule has 3 N–H and O–H groups in total. The molecular weight excluding hydrogens is 1160 g/mol. The van der Waals surface area contributed by atoms with Gasteiger partial charge in [0.2, 0.25) is 5.91 Å². The summed E-state index contributed by atoms with van der Waals surface area (Å²) in [4.78, 5) is 23.5. The van der Waals surface area contributed by atoms with Crippen LogP contribution in [0.25, 0.3) is 0 Å².